The molecule has 25 heavy (non-hydrogen) atoms. The summed E-state index contributed by atoms with van der Waals surface area (Å²) < 4.78 is 2.08. The summed E-state index contributed by atoms with van der Waals surface area (Å²) in [4.78, 5) is 29.4. The highest BCUT2D eigenvalue weighted by Crippen LogP contribution is 2.08. The summed E-state index contributed by atoms with van der Waals surface area (Å²) in [7, 11) is 1.87. The van der Waals surface area contributed by atoms with Gasteiger partial charge in [-0.1, -0.05) is 31.9 Å². The van der Waals surface area contributed by atoms with E-state index in [0.717, 1.165) is 44.2 Å². The van der Waals surface area contributed by atoms with Crippen LogP contribution >= 0.6 is 12.2 Å². The Balaban J connectivity index is 1.85. The summed E-state index contributed by atoms with van der Waals surface area (Å²) >= 11 is 5.31. The van der Waals surface area contributed by atoms with Crippen LogP contribution in [0.3, 0.4) is 0 Å². The van der Waals surface area contributed by atoms with Crippen molar-refractivity contribution in [2.45, 2.75) is 52.0 Å². The van der Waals surface area contributed by atoms with Crippen molar-refractivity contribution in [3.8, 4) is 0 Å². The standard InChI is InChI=1S/C19H27N3O2S/c1-3-4-13-21(2)17(23)12-6-5-9-14-22-18(24)15-10-7-8-11-16(15)20-19(22)25/h7-8,10-11H,3-6,9,12-14H2,1-2H3,(H,20,25). The number of amides is 1. The van der Waals surface area contributed by atoms with Gasteiger partial charge in [-0.05, 0) is 43.6 Å². The maximum absolute atomic E-state index is 12.5. The molecule has 0 spiro atoms. The monoisotopic (exact) mass is 361 g/mol. The normalized spacial score (nSPS) is 11.0. The molecule has 2 aromatic rings. The molecule has 1 N–H and O–H groups in total. The number of hydrogen-bond acceptors (Lipinski definition) is 3. The largest absolute Gasteiger partial charge is 0.346 e. The van der Waals surface area contributed by atoms with E-state index in [9.17, 15) is 9.59 Å². The average molecular weight is 362 g/mol. The number of nitrogens with zero attached hydrogens (tertiary/aromatic N) is 2. The Morgan fingerprint density at radius 2 is 1.96 bits per heavy atom. The lowest BCUT2D eigenvalue weighted by atomic mass is 10.1. The van der Waals surface area contributed by atoms with Gasteiger partial charge in [0.1, 0.15) is 0 Å². The molecule has 2 rings (SSSR count). The predicted molar refractivity (Wildman–Crippen MR) is 104 cm³/mol. The lowest BCUT2D eigenvalue weighted by molar-refractivity contribution is -0.130. The molecule has 0 bridgehead atoms. The molecule has 0 aliphatic heterocycles. The molecule has 1 aromatic heterocycles. The van der Waals surface area contributed by atoms with Gasteiger partial charge in [-0.15, -0.1) is 0 Å². The SMILES string of the molecule is CCCCN(C)C(=O)CCCCCn1c(=S)[nH]c2ccccc2c1=O. The second-order valence-electron chi connectivity index (χ2n) is 6.41. The van der Waals surface area contributed by atoms with Crippen LogP contribution in [-0.4, -0.2) is 34.0 Å². The van der Waals surface area contributed by atoms with Crippen LogP contribution in [0, 0.1) is 4.77 Å². The van der Waals surface area contributed by atoms with Gasteiger partial charge in [0.2, 0.25) is 5.91 Å². The number of aromatic nitrogens is 2. The number of carbonyl (C=O) groups is 1. The fourth-order valence-corrected chi connectivity index (χ4v) is 3.12. The van der Waals surface area contributed by atoms with Crippen LogP contribution in [-0.2, 0) is 11.3 Å². The highest BCUT2D eigenvalue weighted by atomic mass is 32.1. The number of hydrogen-bond donors (Lipinski definition) is 1. The van der Waals surface area contributed by atoms with Crippen LogP contribution in [0.15, 0.2) is 29.1 Å². The maximum Gasteiger partial charge on any atom is 0.262 e. The quantitative estimate of drug-likeness (QED) is 0.545. The Hall–Kier alpha value is -1.95. The molecule has 1 aromatic carbocycles. The molecule has 1 amide bonds. The van der Waals surface area contributed by atoms with Gasteiger partial charge in [-0.2, -0.15) is 0 Å². The third-order valence-electron chi connectivity index (χ3n) is 4.43. The van der Waals surface area contributed by atoms with Crippen molar-refractivity contribution in [1.29, 1.82) is 0 Å². The molecule has 0 aliphatic rings. The molecular formula is C19H27N3O2S. The summed E-state index contributed by atoms with van der Waals surface area (Å²) in [5, 5.41) is 0.656. The van der Waals surface area contributed by atoms with E-state index in [2.05, 4.69) is 11.9 Å². The third kappa shape index (κ3) is 5.26. The fourth-order valence-electron chi connectivity index (χ4n) is 2.84. The Labute approximate surface area is 153 Å². The van der Waals surface area contributed by atoms with Gasteiger partial charge in [0, 0.05) is 26.6 Å². The average Bonchev–Trinajstić information content (AvgIpc) is 2.61. The van der Waals surface area contributed by atoms with Crippen molar-refractivity contribution >= 4 is 29.0 Å². The van der Waals surface area contributed by atoms with Crippen molar-refractivity contribution in [3.05, 3.63) is 39.4 Å². The molecule has 0 unspecified atom stereocenters. The maximum atomic E-state index is 12.5. The Morgan fingerprint density at radius 3 is 2.72 bits per heavy atom. The van der Waals surface area contributed by atoms with E-state index < -0.39 is 0 Å². The van der Waals surface area contributed by atoms with Crippen LogP contribution in [0.5, 0.6) is 0 Å². The first-order valence-corrected chi connectivity index (χ1v) is 9.41. The first-order valence-electron chi connectivity index (χ1n) is 9.00. The van der Waals surface area contributed by atoms with Crippen LogP contribution in [0.4, 0.5) is 0 Å². The molecule has 1 heterocycles. The Kier molecular flexibility index (Phi) is 7.37. The molecule has 5 nitrogen and oxygen atoms in total. The highest BCUT2D eigenvalue weighted by Gasteiger charge is 2.08. The topological polar surface area (TPSA) is 58.1 Å². The zero-order valence-electron chi connectivity index (χ0n) is 15.1. The van der Waals surface area contributed by atoms with E-state index >= 15 is 0 Å². The Bertz CT molecular complexity index is 825. The molecule has 0 fully saturated rings. The fraction of sp³-hybridized carbons (Fsp3) is 0.526. The number of H-pyrrole nitrogens is 1. The Morgan fingerprint density at radius 1 is 1.20 bits per heavy atom. The smallest absolute Gasteiger partial charge is 0.262 e. The lowest BCUT2D eigenvalue weighted by Gasteiger charge is -2.16. The van der Waals surface area contributed by atoms with E-state index in [-0.39, 0.29) is 11.5 Å². The third-order valence-corrected chi connectivity index (χ3v) is 4.76. The predicted octanol–water partition coefficient (Wildman–Crippen LogP) is 3.88. The van der Waals surface area contributed by atoms with Crippen molar-refractivity contribution in [2.24, 2.45) is 0 Å². The number of unbranched alkanes of at least 4 members (excludes halogenated alkanes) is 3. The second kappa shape index (κ2) is 9.51. The van der Waals surface area contributed by atoms with Crippen LogP contribution in [0.25, 0.3) is 10.9 Å². The van der Waals surface area contributed by atoms with E-state index in [4.69, 9.17) is 12.2 Å². The molecule has 0 saturated carbocycles. The van der Waals surface area contributed by atoms with Gasteiger partial charge < -0.3 is 9.88 Å². The summed E-state index contributed by atoms with van der Waals surface area (Å²) in [6.45, 7) is 3.54. The van der Waals surface area contributed by atoms with Crippen molar-refractivity contribution in [1.82, 2.24) is 14.5 Å². The number of aromatic amines is 1. The second-order valence-corrected chi connectivity index (χ2v) is 6.80. The molecule has 136 valence electrons. The molecule has 0 saturated heterocycles. The zero-order valence-corrected chi connectivity index (χ0v) is 15.9. The minimum atomic E-state index is -0.0466. The number of nitrogens with one attached hydrogen (secondary N) is 1. The van der Waals surface area contributed by atoms with E-state index in [0.29, 0.717) is 23.1 Å². The van der Waals surface area contributed by atoms with Crippen LogP contribution in [0.2, 0.25) is 0 Å². The minimum absolute atomic E-state index is 0.0466. The number of para-hydroxylation sites is 1. The summed E-state index contributed by atoms with van der Waals surface area (Å²) in [5.41, 5.74) is 0.726. The van der Waals surface area contributed by atoms with Gasteiger partial charge in [-0.3, -0.25) is 14.2 Å². The zero-order chi connectivity index (χ0) is 18.2. The molecular weight excluding hydrogens is 334 g/mol. The highest BCUT2D eigenvalue weighted by molar-refractivity contribution is 7.71. The van der Waals surface area contributed by atoms with Crippen molar-refractivity contribution < 1.29 is 4.79 Å². The molecule has 0 aliphatic carbocycles. The van der Waals surface area contributed by atoms with E-state index in [1.807, 2.05) is 36.2 Å². The molecule has 0 atom stereocenters. The van der Waals surface area contributed by atoms with Crippen LogP contribution in [0.1, 0.15) is 45.4 Å². The van der Waals surface area contributed by atoms with Crippen molar-refractivity contribution in [2.75, 3.05) is 13.6 Å². The van der Waals surface area contributed by atoms with E-state index in [1.165, 1.54) is 0 Å². The minimum Gasteiger partial charge on any atom is -0.346 e. The number of fused-ring (bicyclic) bond motifs is 1. The summed E-state index contributed by atoms with van der Waals surface area (Å²) in [6.07, 6.45) is 5.29. The first kappa shape index (κ1) is 19.4. The van der Waals surface area contributed by atoms with Crippen molar-refractivity contribution in [3.63, 3.8) is 0 Å². The first-order chi connectivity index (χ1) is 12.0. The van der Waals surface area contributed by atoms with Gasteiger partial charge in [0.05, 0.1) is 10.9 Å². The van der Waals surface area contributed by atoms with Gasteiger partial charge >= 0.3 is 0 Å². The van der Waals surface area contributed by atoms with Gasteiger partial charge in [0.15, 0.2) is 4.77 Å². The summed E-state index contributed by atoms with van der Waals surface area (Å²) in [6, 6.07) is 7.40. The number of carbonyl (C=O) groups excluding carboxylic acids is 1. The van der Waals surface area contributed by atoms with Gasteiger partial charge in [-0.25, -0.2) is 0 Å². The van der Waals surface area contributed by atoms with Crippen LogP contribution < -0.4 is 5.56 Å². The lowest BCUT2D eigenvalue weighted by Crippen LogP contribution is -2.27. The van der Waals surface area contributed by atoms with E-state index in [1.54, 1.807) is 4.57 Å². The summed E-state index contributed by atoms with van der Waals surface area (Å²) in [5.74, 6) is 0.202. The number of benzene rings is 1. The van der Waals surface area contributed by atoms with Gasteiger partial charge in [0.25, 0.3) is 5.56 Å². The molecule has 6 heteroatoms. The molecule has 0 radical (unpaired) electrons. The number of rotatable bonds is 9.